The normalized spacial score (nSPS) is 62.3. The lowest BCUT2D eigenvalue weighted by atomic mass is 9.32. The number of nitrogens with zero attached hydrogens (tertiary/aromatic N) is 1. The summed E-state index contributed by atoms with van der Waals surface area (Å²) in [6.45, 7) is 8.55. The van der Waals surface area contributed by atoms with Gasteiger partial charge in [-0.25, -0.2) is 4.90 Å². The molecule has 0 aromatic rings. The van der Waals surface area contributed by atoms with Gasteiger partial charge in [-0.2, -0.15) is 0 Å². The van der Waals surface area contributed by atoms with Crippen LogP contribution in [0.15, 0.2) is 12.2 Å². The van der Waals surface area contributed by atoms with E-state index in [9.17, 15) is 4.79 Å². The second kappa shape index (κ2) is 4.31. The van der Waals surface area contributed by atoms with Crippen molar-refractivity contribution in [3.63, 3.8) is 0 Å². The number of carbonyl (C=O) groups is 1. The maximum Gasteiger partial charge on any atom is 0.167 e. The largest absolute Gasteiger partial charge is 0.361 e. The van der Waals surface area contributed by atoms with Crippen LogP contribution in [0.3, 0.4) is 0 Å². The predicted octanol–water partition coefficient (Wildman–Crippen LogP) is 3.12. The molecular weight excluding hydrogens is 326 g/mol. The molecule has 9 atom stereocenters. The second-order valence-corrected chi connectivity index (χ2v) is 10.6. The fraction of sp³-hybridized carbons (Fsp3) is 0.864. The first-order valence-corrected chi connectivity index (χ1v) is 10.8. The monoisotopic (exact) mass is 355 g/mol. The minimum absolute atomic E-state index is 0.105. The summed E-state index contributed by atoms with van der Waals surface area (Å²) in [5, 5.41) is 0. The van der Waals surface area contributed by atoms with Crippen molar-refractivity contribution in [1.82, 2.24) is 4.90 Å². The van der Waals surface area contributed by atoms with E-state index in [4.69, 9.17) is 9.47 Å². The molecule has 9 rings (SSSR count). The average molecular weight is 355 g/mol. The molecule has 9 aliphatic rings. The Bertz CT molecular complexity index is 750. The van der Waals surface area contributed by atoms with Crippen LogP contribution in [-0.4, -0.2) is 42.4 Å². The molecule has 0 amide bonds. The van der Waals surface area contributed by atoms with Gasteiger partial charge in [0.2, 0.25) is 0 Å². The number of ether oxygens (including phenoxy) is 2. The van der Waals surface area contributed by atoms with Gasteiger partial charge in [-0.3, -0.25) is 4.79 Å². The highest BCUT2D eigenvalue weighted by atomic mass is 16.6. The Kier molecular flexibility index (Phi) is 2.53. The summed E-state index contributed by atoms with van der Waals surface area (Å²) in [5.41, 5.74) is 1.07. The van der Waals surface area contributed by atoms with E-state index in [1.54, 1.807) is 0 Å². The number of rotatable bonds is 0. The van der Waals surface area contributed by atoms with E-state index in [-0.39, 0.29) is 34.8 Å². The van der Waals surface area contributed by atoms with Crippen LogP contribution in [0.25, 0.3) is 0 Å². The van der Waals surface area contributed by atoms with Gasteiger partial charge < -0.3 is 9.47 Å². The van der Waals surface area contributed by atoms with Gasteiger partial charge in [-0.1, -0.05) is 19.9 Å². The molecule has 4 aliphatic heterocycles. The minimum atomic E-state index is -0.246. The average Bonchev–Trinajstić information content (AvgIpc) is 3.14. The second-order valence-electron chi connectivity index (χ2n) is 10.6. The van der Waals surface area contributed by atoms with E-state index in [0.717, 1.165) is 38.0 Å². The third-order valence-electron chi connectivity index (χ3n) is 10.2. The van der Waals surface area contributed by atoms with Crippen LogP contribution in [0.2, 0.25) is 0 Å². The first-order valence-electron chi connectivity index (χ1n) is 10.8. The summed E-state index contributed by atoms with van der Waals surface area (Å²) < 4.78 is 13.2. The van der Waals surface area contributed by atoms with Crippen LogP contribution >= 0.6 is 0 Å². The Morgan fingerprint density at radius 2 is 2.04 bits per heavy atom. The summed E-state index contributed by atoms with van der Waals surface area (Å²) >= 11 is 0. The highest BCUT2D eigenvalue weighted by Gasteiger charge is 2.81. The van der Waals surface area contributed by atoms with Crippen molar-refractivity contribution < 1.29 is 14.3 Å². The van der Waals surface area contributed by atoms with Crippen LogP contribution in [-0.2, 0) is 14.3 Å². The van der Waals surface area contributed by atoms with Gasteiger partial charge in [-0.15, -0.1) is 0 Å². The Labute approximate surface area is 155 Å². The molecule has 0 aromatic carbocycles. The van der Waals surface area contributed by atoms with Crippen LogP contribution in [0.4, 0.5) is 0 Å². The van der Waals surface area contributed by atoms with E-state index >= 15 is 0 Å². The maximum atomic E-state index is 13.5. The van der Waals surface area contributed by atoms with Gasteiger partial charge in [0.15, 0.2) is 5.78 Å². The summed E-state index contributed by atoms with van der Waals surface area (Å²) in [6.07, 6.45) is 8.74. The molecule has 5 saturated carbocycles. The molecule has 140 valence electrons. The number of allylic oxidation sites excluding steroid dienone is 1. The SMILES string of the molecule is C=C1C(=O)[C@]23CC[C@H]1C[C@H]2[C@@]12CCC[C@@]4(C)C5OCCN5[C@H]1O[C@@H]3C[C@@H]24. The van der Waals surface area contributed by atoms with Crippen molar-refractivity contribution in [2.24, 2.45) is 34.0 Å². The van der Waals surface area contributed by atoms with Crippen LogP contribution in [0, 0.1) is 34.0 Å². The zero-order chi connectivity index (χ0) is 17.5. The summed E-state index contributed by atoms with van der Waals surface area (Å²) in [4.78, 5) is 16.1. The lowest BCUT2D eigenvalue weighted by Crippen LogP contribution is -2.82. The van der Waals surface area contributed by atoms with E-state index in [0.29, 0.717) is 23.5 Å². The molecule has 26 heavy (non-hydrogen) atoms. The van der Waals surface area contributed by atoms with Gasteiger partial charge in [0.25, 0.3) is 0 Å². The highest BCUT2D eigenvalue weighted by molar-refractivity contribution is 6.02. The van der Waals surface area contributed by atoms with Crippen molar-refractivity contribution in [2.45, 2.75) is 70.4 Å². The molecule has 9 fully saturated rings. The fourth-order valence-electron chi connectivity index (χ4n) is 9.47. The van der Waals surface area contributed by atoms with Crippen molar-refractivity contribution >= 4 is 5.78 Å². The van der Waals surface area contributed by atoms with E-state index in [2.05, 4.69) is 18.4 Å². The van der Waals surface area contributed by atoms with Crippen LogP contribution in [0.1, 0.15) is 51.9 Å². The third kappa shape index (κ3) is 1.27. The fourth-order valence-corrected chi connectivity index (χ4v) is 9.47. The predicted molar refractivity (Wildman–Crippen MR) is 95.0 cm³/mol. The topological polar surface area (TPSA) is 38.8 Å². The number of hydrogen-bond acceptors (Lipinski definition) is 4. The Balaban J connectivity index is 1.46. The summed E-state index contributed by atoms with van der Waals surface area (Å²) in [7, 11) is 0. The third-order valence-corrected chi connectivity index (χ3v) is 10.2. The lowest BCUT2D eigenvalue weighted by molar-refractivity contribution is -0.404. The maximum absolute atomic E-state index is 13.5. The summed E-state index contributed by atoms with van der Waals surface area (Å²) in [6, 6.07) is 0. The van der Waals surface area contributed by atoms with E-state index in [1.807, 2.05) is 0 Å². The molecule has 1 unspecified atom stereocenters. The number of ketones is 1. The molecule has 7 bridgehead atoms. The molecular formula is C22H29NO3. The zero-order valence-corrected chi connectivity index (χ0v) is 15.7. The molecule has 4 nitrogen and oxygen atoms in total. The van der Waals surface area contributed by atoms with Crippen molar-refractivity contribution in [2.75, 3.05) is 13.2 Å². The van der Waals surface area contributed by atoms with E-state index in [1.165, 1.54) is 25.7 Å². The minimum Gasteiger partial charge on any atom is -0.361 e. The van der Waals surface area contributed by atoms with Gasteiger partial charge in [0, 0.05) is 17.4 Å². The lowest BCUT2D eigenvalue weighted by Gasteiger charge is -2.78. The quantitative estimate of drug-likeness (QED) is 0.626. The number of piperidine rings is 1. The number of hydrogen-bond donors (Lipinski definition) is 0. The Morgan fingerprint density at radius 1 is 1.15 bits per heavy atom. The van der Waals surface area contributed by atoms with Gasteiger partial charge >= 0.3 is 0 Å². The van der Waals surface area contributed by atoms with Crippen LogP contribution < -0.4 is 0 Å². The molecule has 4 heteroatoms. The number of Topliss-reactive ketones (excluding diaryl/α,β-unsaturated/α-hetero) is 1. The van der Waals surface area contributed by atoms with Gasteiger partial charge in [0.1, 0.15) is 12.5 Å². The number of fused-ring (bicyclic) bond motifs is 4. The molecule has 0 radical (unpaired) electrons. The summed E-state index contributed by atoms with van der Waals surface area (Å²) in [5.74, 6) is 1.98. The van der Waals surface area contributed by atoms with Gasteiger partial charge in [-0.05, 0) is 61.9 Å². The molecule has 0 aromatic heterocycles. The van der Waals surface area contributed by atoms with Crippen molar-refractivity contribution in [3.8, 4) is 0 Å². The van der Waals surface area contributed by atoms with Crippen LogP contribution in [0.5, 0.6) is 0 Å². The molecule has 5 aliphatic carbocycles. The smallest absolute Gasteiger partial charge is 0.167 e. The molecule has 4 saturated heterocycles. The highest BCUT2D eigenvalue weighted by Crippen LogP contribution is 2.78. The molecule has 2 spiro atoms. The Morgan fingerprint density at radius 3 is 2.92 bits per heavy atom. The van der Waals surface area contributed by atoms with Crippen molar-refractivity contribution in [1.29, 1.82) is 0 Å². The standard InChI is InChI=1S/C22H29NO3/c1-12-13-4-7-22(17(12)24)15(10-13)21-6-3-5-20(2)14(21)11-16(22)26-19(21)23-8-9-25-18(20)23/h13-16,18-19H,1,3-11H2,2H3/t13-,14+,15-,16+,18?,19-,20+,21-,22+/m0/s1. The number of carbonyl (C=O) groups excluding carboxylic acids is 1. The first-order chi connectivity index (χ1) is 12.5. The molecule has 4 heterocycles. The Hall–Kier alpha value is -0.710. The first kappa shape index (κ1) is 15.2. The van der Waals surface area contributed by atoms with Crippen molar-refractivity contribution in [3.05, 3.63) is 12.2 Å². The molecule has 0 N–H and O–H groups in total. The zero-order valence-electron chi connectivity index (χ0n) is 15.7. The van der Waals surface area contributed by atoms with Gasteiger partial charge in [0.05, 0.1) is 18.1 Å². The van der Waals surface area contributed by atoms with E-state index < -0.39 is 0 Å².